The predicted molar refractivity (Wildman–Crippen MR) is 32.2 cm³/mol. The van der Waals surface area contributed by atoms with E-state index in [-0.39, 0.29) is 0 Å². The Bertz CT molecular complexity index is 61.4. The van der Waals surface area contributed by atoms with Crippen LogP contribution in [-0.2, 0) is 4.79 Å². The third-order valence-corrected chi connectivity index (χ3v) is 0.365. The number of rotatable bonds is 1. The Labute approximate surface area is 49.0 Å². The molecule has 0 amide bonds. The molecule has 0 saturated heterocycles. The molecular formula is C5H11NO2. The molecule has 0 saturated carbocycles. The maximum atomic E-state index is 8.00. The molecule has 1 N–H and O–H groups in total. The van der Waals surface area contributed by atoms with Gasteiger partial charge >= 0.3 is 0 Å². The van der Waals surface area contributed by atoms with Crippen molar-refractivity contribution in [2.45, 2.75) is 13.8 Å². The second-order valence-corrected chi connectivity index (χ2v) is 1.51. The van der Waals surface area contributed by atoms with E-state index in [0.29, 0.717) is 5.92 Å². The number of carbonyl (C=O) groups is 1. The Balaban J connectivity index is 0. The van der Waals surface area contributed by atoms with Crippen LogP contribution in [0.15, 0.2) is 5.16 Å². The molecule has 0 aromatic heterocycles. The zero-order valence-corrected chi connectivity index (χ0v) is 5.16. The van der Waals surface area contributed by atoms with E-state index in [4.69, 9.17) is 10.0 Å². The van der Waals surface area contributed by atoms with Gasteiger partial charge in [0, 0.05) is 6.21 Å². The van der Waals surface area contributed by atoms with Crippen molar-refractivity contribution in [2.75, 3.05) is 0 Å². The molecule has 0 aliphatic heterocycles. The largest absolute Gasteiger partial charge is 0.411 e. The van der Waals surface area contributed by atoms with Gasteiger partial charge in [-0.3, -0.25) is 0 Å². The van der Waals surface area contributed by atoms with Crippen LogP contribution in [0, 0.1) is 5.92 Å². The highest BCUT2D eigenvalue weighted by atomic mass is 16.4. The normalized spacial score (nSPS) is 8.88. The average molecular weight is 117 g/mol. The van der Waals surface area contributed by atoms with E-state index in [1.165, 1.54) is 6.21 Å². The SMILES string of the molecule is C=O.CC(C)C=NO. The summed E-state index contributed by atoms with van der Waals surface area (Å²) in [7, 11) is 0. The Morgan fingerprint density at radius 2 is 2.00 bits per heavy atom. The maximum Gasteiger partial charge on any atom is 0.106 e. The first-order chi connectivity index (χ1) is 3.77. The molecule has 0 aliphatic rings. The summed E-state index contributed by atoms with van der Waals surface area (Å²) >= 11 is 0. The van der Waals surface area contributed by atoms with Crippen molar-refractivity contribution in [1.82, 2.24) is 0 Å². The van der Waals surface area contributed by atoms with Gasteiger partial charge in [-0.05, 0) is 5.92 Å². The minimum atomic E-state index is 0.356. The first-order valence-corrected chi connectivity index (χ1v) is 2.23. The van der Waals surface area contributed by atoms with Crippen LogP contribution in [0.4, 0.5) is 0 Å². The van der Waals surface area contributed by atoms with Crippen molar-refractivity contribution >= 4 is 13.0 Å². The van der Waals surface area contributed by atoms with Crippen LogP contribution in [0.5, 0.6) is 0 Å². The first-order valence-electron chi connectivity index (χ1n) is 2.23. The van der Waals surface area contributed by atoms with E-state index < -0.39 is 0 Å². The van der Waals surface area contributed by atoms with Gasteiger partial charge in [-0.1, -0.05) is 13.8 Å². The molecule has 0 radical (unpaired) electrons. The van der Waals surface area contributed by atoms with Crippen LogP contribution in [0.3, 0.4) is 0 Å². The minimum Gasteiger partial charge on any atom is -0.411 e. The summed E-state index contributed by atoms with van der Waals surface area (Å²) in [6.07, 6.45) is 1.47. The highest BCUT2D eigenvalue weighted by Crippen LogP contribution is 1.81. The van der Waals surface area contributed by atoms with E-state index in [1.54, 1.807) is 0 Å². The summed E-state index contributed by atoms with van der Waals surface area (Å²) in [5.41, 5.74) is 0. The lowest BCUT2D eigenvalue weighted by molar-refractivity contribution is -0.0979. The standard InChI is InChI=1S/C4H9NO.CH2O/c1-4(2)3-5-6;1-2/h3-4,6H,1-2H3;1H2. The van der Waals surface area contributed by atoms with Gasteiger partial charge in [0.05, 0.1) is 0 Å². The smallest absolute Gasteiger partial charge is 0.106 e. The Hall–Kier alpha value is -0.860. The number of carbonyl (C=O) groups excluding carboxylic acids is 1. The van der Waals surface area contributed by atoms with E-state index in [9.17, 15) is 0 Å². The molecule has 0 fully saturated rings. The zero-order chi connectivity index (χ0) is 6.99. The Morgan fingerprint density at radius 3 is 2.00 bits per heavy atom. The van der Waals surface area contributed by atoms with Gasteiger partial charge in [-0.25, -0.2) is 0 Å². The monoisotopic (exact) mass is 117 g/mol. The minimum absolute atomic E-state index is 0.356. The van der Waals surface area contributed by atoms with Crippen molar-refractivity contribution in [3.05, 3.63) is 0 Å². The van der Waals surface area contributed by atoms with Crippen LogP contribution >= 0.6 is 0 Å². The van der Waals surface area contributed by atoms with E-state index in [2.05, 4.69) is 5.16 Å². The first kappa shape index (κ1) is 10.2. The lowest BCUT2D eigenvalue weighted by Crippen LogP contribution is -1.84. The average Bonchev–Trinajstić information content (AvgIpc) is 1.72. The van der Waals surface area contributed by atoms with Crippen molar-refractivity contribution < 1.29 is 10.0 Å². The van der Waals surface area contributed by atoms with Gasteiger partial charge < -0.3 is 10.0 Å². The molecule has 0 bridgehead atoms. The van der Waals surface area contributed by atoms with Crippen LogP contribution in [-0.4, -0.2) is 18.2 Å². The number of hydrogen-bond donors (Lipinski definition) is 1. The molecule has 3 heteroatoms. The fourth-order valence-corrected chi connectivity index (χ4v) is 0.133. The topological polar surface area (TPSA) is 49.7 Å². The van der Waals surface area contributed by atoms with E-state index in [0.717, 1.165) is 0 Å². The molecule has 48 valence electrons. The molecule has 0 spiro atoms. The summed E-state index contributed by atoms with van der Waals surface area (Å²) < 4.78 is 0. The summed E-state index contributed by atoms with van der Waals surface area (Å²) in [5.74, 6) is 0.356. The zero-order valence-electron chi connectivity index (χ0n) is 5.16. The van der Waals surface area contributed by atoms with Gasteiger partial charge in [-0.15, -0.1) is 5.16 Å². The molecule has 3 nitrogen and oxygen atoms in total. The van der Waals surface area contributed by atoms with Crippen LogP contribution in [0.1, 0.15) is 13.8 Å². The molecule has 0 unspecified atom stereocenters. The number of nitrogens with zero attached hydrogens (tertiary/aromatic N) is 1. The highest BCUT2D eigenvalue weighted by molar-refractivity contribution is 5.58. The van der Waals surface area contributed by atoms with Crippen LogP contribution in [0.25, 0.3) is 0 Å². The van der Waals surface area contributed by atoms with Gasteiger partial charge in [0.25, 0.3) is 0 Å². The third kappa shape index (κ3) is 19.2. The molecule has 8 heavy (non-hydrogen) atoms. The summed E-state index contributed by atoms with van der Waals surface area (Å²) in [4.78, 5) is 8.00. The molecule has 0 aromatic rings. The van der Waals surface area contributed by atoms with Crippen molar-refractivity contribution in [3.8, 4) is 0 Å². The second kappa shape index (κ2) is 9.46. The van der Waals surface area contributed by atoms with E-state index in [1.807, 2.05) is 20.6 Å². The summed E-state index contributed by atoms with van der Waals surface area (Å²) in [5, 5.41) is 10.6. The summed E-state index contributed by atoms with van der Waals surface area (Å²) in [6, 6.07) is 0. The fraction of sp³-hybridized carbons (Fsp3) is 0.600. The molecule has 0 atom stereocenters. The molecule has 0 heterocycles. The van der Waals surface area contributed by atoms with Gasteiger partial charge in [0.15, 0.2) is 0 Å². The second-order valence-electron chi connectivity index (χ2n) is 1.51. The fourth-order valence-electron chi connectivity index (χ4n) is 0.133. The lowest BCUT2D eigenvalue weighted by atomic mass is 10.3. The quantitative estimate of drug-likeness (QED) is 0.315. The number of hydrogen-bond acceptors (Lipinski definition) is 3. The molecular weight excluding hydrogens is 106 g/mol. The van der Waals surface area contributed by atoms with Gasteiger partial charge in [-0.2, -0.15) is 0 Å². The van der Waals surface area contributed by atoms with Crippen LogP contribution < -0.4 is 0 Å². The Kier molecular flexibility index (Phi) is 12.1. The molecule has 0 rings (SSSR count). The maximum absolute atomic E-state index is 8.00. The molecule has 0 aromatic carbocycles. The van der Waals surface area contributed by atoms with Crippen LogP contribution in [0.2, 0.25) is 0 Å². The van der Waals surface area contributed by atoms with E-state index >= 15 is 0 Å². The number of oxime groups is 1. The van der Waals surface area contributed by atoms with Gasteiger partial charge in [0.2, 0.25) is 0 Å². The summed E-state index contributed by atoms with van der Waals surface area (Å²) in [6.45, 7) is 5.89. The Morgan fingerprint density at radius 1 is 1.62 bits per heavy atom. The molecule has 0 aliphatic carbocycles. The lowest BCUT2D eigenvalue weighted by Gasteiger charge is -1.84. The highest BCUT2D eigenvalue weighted by Gasteiger charge is 1.79. The van der Waals surface area contributed by atoms with Crippen molar-refractivity contribution in [1.29, 1.82) is 0 Å². The van der Waals surface area contributed by atoms with Gasteiger partial charge in [0.1, 0.15) is 6.79 Å². The van der Waals surface area contributed by atoms with Crippen molar-refractivity contribution in [3.63, 3.8) is 0 Å². The third-order valence-electron chi connectivity index (χ3n) is 0.365. The van der Waals surface area contributed by atoms with Crippen molar-refractivity contribution in [2.24, 2.45) is 11.1 Å². The predicted octanol–water partition coefficient (Wildman–Crippen LogP) is 0.917.